The maximum atomic E-state index is 15.3. The molecule has 5 heterocycles. The van der Waals surface area contributed by atoms with Crippen molar-refractivity contribution in [1.29, 1.82) is 0 Å². The summed E-state index contributed by atoms with van der Waals surface area (Å²) in [7, 11) is 0. The summed E-state index contributed by atoms with van der Waals surface area (Å²) in [6, 6.07) is 19.2. The molecule has 0 atom stereocenters. The van der Waals surface area contributed by atoms with Crippen LogP contribution in [-0.2, 0) is 0 Å². The molecule has 6 aromatic rings. The number of nitro benzene ring substituents is 1. The third-order valence-corrected chi connectivity index (χ3v) is 7.36. The molecule has 2 aromatic carbocycles. The van der Waals surface area contributed by atoms with Crippen LogP contribution >= 0.6 is 0 Å². The first kappa shape index (κ1) is 27.0. The number of fused-ring (bicyclic) bond motifs is 8. The van der Waals surface area contributed by atoms with Crippen molar-refractivity contribution in [3.8, 4) is 0 Å². The average molecular weight is 600 g/mol. The van der Waals surface area contributed by atoms with Crippen molar-refractivity contribution in [2.45, 2.75) is 0 Å². The van der Waals surface area contributed by atoms with E-state index < -0.39 is 39.6 Å². The van der Waals surface area contributed by atoms with Crippen molar-refractivity contribution in [2.24, 2.45) is 0 Å². The molecule has 0 fully saturated rings. The summed E-state index contributed by atoms with van der Waals surface area (Å²) in [4.78, 5) is 23.4. The summed E-state index contributed by atoms with van der Waals surface area (Å²) in [6.45, 7) is 0. The van der Waals surface area contributed by atoms with Crippen LogP contribution in [0.4, 0.5) is 27.6 Å². The predicted molar refractivity (Wildman–Crippen MR) is 151 cm³/mol. The van der Waals surface area contributed by atoms with E-state index in [0.717, 1.165) is 11.0 Å². The first-order valence-electron chi connectivity index (χ1n) is 13.2. The molecule has 0 aliphatic carbocycles. The number of halogens is 5. The third kappa shape index (κ3) is 4.44. The number of nitro groups is 1. The molecule has 0 radical (unpaired) electrons. The largest absolute Gasteiger partial charge is 0.355 e. The van der Waals surface area contributed by atoms with Gasteiger partial charge in [-0.2, -0.15) is 0 Å². The van der Waals surface area contributed by atoms with Gasteiger partial charge in [-0.05, 0) is 78.4 Å². The van der Waals surface area contributed by atoms with E-state index in [-0.39, 0.29) is 22.3 Å². The lowest BCUT2D eigenvalue weighted by Crippen LogP contribution is -2.20. The SMILES string of the molecule is O=[N+]([O-])c1ccc(C2=c3ccc([nH]3)=C(c3c(F)c(F)c(F)c(F)c3F)c3ccc([nH]3)C=c3ccc([nH]3)=Cc3ccc2[nH]3)cc1. The van der Waals surface area contributed by atoms with Gasteiger partial charge in [0.15, 0.2) is 23.3 Å². The van der Waals surface area contributed by atoms with Crippen LogP contribution in [0.2, 0.25) is 0 Å². The van der Waals surface area contributed by atoms with Crippen molar-refractivity contribution in [3.63, 3.8) is 0 Å². The number of nitrogens with zero attached hydrogens (tertiary/aromatic N) is 1. The normalized spacial score (nSPS) is 12.7. The Kier molecular flexibility index (Phi) is 6.20. The molecule has 7 nitrogen and oxygen atoms in total. The van der Waals surface area contributed by atoms with Crippen molar-refractivity contribution in [3.05, 3.63) is 167 Å². The Labute approximate surface area is 243 Å². The van der Waals surface area contributed by atoms with Crippen molar-refractivity contribution < 1.29 is 26.9 Å². The molecule has 0 amide bonds. The van der Waals surface area contributed by atoms with Gasteiger partial charge in [-0.15, -0.1) is 0 Å². The van der Waals surface area contributed by atoms with Crippen LogP contribution in [0.25, 0.3) is 23.3 Å². The van der Waals surface area contributed by atoms with Crippen LogP contribution in [0.3, 0.4) is 0 Å². The van der Waals surface area contributed by atoms with Crippen LogP contribution < -0.4 is 21.4 Å². The first-order valence-corrected chi connectivity index (χ1v) is 13.2. The fourth-order valence-electron chi connectivity index (χ4n) is 5.35. The minimum absolute atomic E-state index is 0.0450. The highest BCUT2D eigenvalue weighted by molar-refractivity contribution is 5.80. The van der Waals surface area contributed by atoms with Crippen LogP contribution in [0.5, 0.6) is 0 Å². The summed E-state index contributed by atoms with van der Waals surface area (Å²) < 4.78 is 73.5. The van der Waals surface area contributed by atoms with Crippen LogP contribution in [0.1, 0.15) is 33.9 Å². The Morgan fingerprint density at radius 3 is 1.57 bits per heavy atom. The maximum absolute atomic E-state index is 15.3. The van der Waals surface area contributed by atoms with Crippen molar-refractivity contribution in [1.82, 2.24) is 19.9 Å². The Hall–Kier alpha value is -5.91. The molecular formula is C32H18F5N5O2. The highest BCUT2D eigenvalue weighted by atomic mass is 19.2. The molecule has 0 unspecified atom stereocenters. The van der Waals surface area contributed by atoms with Gasteiger partial charge in [-0.1, -0.05) is 0 Å². The van der Waals surface area contributed by atoms with Gasteiger partial charge in [0.05, 0.1) is 10.5 Å². The number of nitrogens with one attached hydrogen (secondary N) is 4. The molecule has 1 aliphatic rings. The fourth-order valence-corrected chi connectivity index (χ4v) is 5.35. The van der Waals surface area contributed by atoms with Crippen molar-refractivity contribution >= 4 is 29.0 Å². The van der Waals surface area contributed by atoms with Gasteiger partial charge < -0.3 is 19.9 Å². The van der Waals surface area contributed by atoms with E-state index in [1.54, 1.807) is 36.4 Å². The molecule has 0 spiro atoms. The molecular weight excluding hydrogens is 581 g/mol. The van der Waals surface area contributed by atoms with E-state index in [4.69, 9.17) is 0 Å². The van der Waals surface area contributed by atoms with E-state index >= 15 is 8.78 Å². The zero-order chi connectivity index (χ0) is 30.7. The van der Waals surface area contributed by atoms with E-state index in [1.165, 1.54) is 24.3 Å². The van der Waals surface area contributed by atoms with Gasteiger partial charge in [0, 0.05) is 67.5 Å². The highest BCUT2D eigenvalue weighted by Gasteiger charge is 2.29. The minimum atomic E-state index is -2.26. The van der Waals surface area contributed by atoms with E-state index in [2.05, 4.69) is 19.9 Å². The second kappa shape index (κ2) is 10.1. The summed E-state index contributed by atoms with van der Waals surface area (Å²) in [5.41, 5.74) is 1.43. The average Bonchev–Trinajstić information content (AvgIpc) is 3.83. The molecule has 4 N–H and O–H groups in total. The Balaban J connectivity index is 1.62. The fraction of sp³-hybridized carbons (Fsp3) is 0. The molecule has 0 saturated carbocycles. The number of H-pyrrole nitrogens is 4. The van der Waals surface area contributed by atoms with E-state index in [9.17, 15) is 23.3 Å². The standard InChI is InChI=1S/C32H18F5N5O2/c33-28-27(29(34)31(36)32(37)30(28)35)26-23-10-6-19(40-23)14-17-4-3-16(38-17)13-18-5-9-21(39-18)25(22-11-12-24(26)41-22)15-1-7-20(8-2-15)42(43)44/h1-14,38-41H. The van der Waals surface area contributed by atoms with E-state index in [0.29, 0.717) is 33.2 Å². The molecule has 1 aliphatic heterocycles. The molecule has 4 aromatic heterocycles. The number of aromatic amines is 4. The number of non-ortho nitro benzene ring substituents is 1. The Morgan fingerprint density at radius 1 is 0.523 bits per heavy atom. The van der Waals surface area contributed by atoms with Crippen molar-refractivity contribution in [2.75, 3.05) is 0 Å². The van der Waals surface area contributed by atoms with Gasteiger partial charge in [0.1, 0.15) is 0 Å². The van der Waals surface area contributed by atoms with Gasteiger partial charge in [-0.25, -0.2) is 22.0 Å². The zero-order valence-electron chi connectivity index (χ0n) is 22.2. The summed E-state index contributed by atoms with van der Waals surface area (Å²) in [5.74, 6) is -10.4. The third-order valence-electron chi connectivity index (χ3n) is 7.36. The molecule has 44 heavy (non-hydrogen) atoms. The number of benzene rings is 2. The molecule has 0 saturated heterocycles. The molecule has 218 valence electrons. The maximum Gasteiger partial charge on any atom is 0.269 e. The lowest BCUT2D eigenvalue weighted by molar-refractivity contribution is -0.384. The monoisotopic (exact) mass is 599 g/mol. The number of rotatable bonds is 3. The molecule has 7 rings (SSSR count). The van der Waals surface area contributed by atoms with Gasteiger partial charge in [0.25, 0.3) is 5.69 Å². The summed E-state index contributed by atoms with van der Waals surface area (Å²) in [6.07, 6.45) is 3.61. The summed E-state index contributed by atoms with van der Waals surface area (Å²) >= 11 is 0. The van der Waals surface area contributed by atoms with Gasteiger partial charge in [0.2, 0.25) is 5.82 Å². The Morgan fingerprint density at radius 2 is 1.02 bits per heavy atom. The molecule has 8 bridgehead atoms. The highest BCUT2D eigenvalue weighted by Crippen LogP contribution is 2.31. The predicted octanol–water partition coefficient (Wildman–Crippen LogP) is 4.07. The van der Waals surface area contributed by atoms with Crippen LogP contribution in [0, 0.1) is 39.2 Å². The van der Waals surface area contributed by atoms with Gasteiger partial charge in [-0.3, -0.25) is 10.1 Å². The van der Waals surface area contributed by atoms with Gasteiger partial charge >= 0.3 is 0 Å². The zero-order valence-corrected chi connectivity index (χ0v) is 22.2. The summed E-state index contributed by atoms with van der Waals surface area (Å²) in [5, 5.41) is 13.2. The quantitative estimate of drug-likeness (QED) is 0.0809. The smallest absolute Gasteiger partial charge is 0.269 e. The van der Waals surface area contributed by atoms with Crippen LogP contribution in [-0.4, -0.2) is 24.9 Å². The second-order valence-electron chi connectivity index (χ2n) is 10.1. The number of aromatic nitrogens is 4. The molecule has 12 heteroatoms. The lowest BCUT2D eigenvalue weighted by atomic mass is 10.00. The second-order valence-corrected chi connectivity index (χ2v) is 10.1. The minimum Gasteiger partial charge on any atom is -0.355 e. The lowest BCUT2D eigenvalue weighted by Gasteiger charge is -2.11. The first-order chi connectivity index (χ1) is 21.2. The van der Waals surface area contributed by atoms with Crippen LogP contribution in [0.15, 0.2) is 72.8 Å². The van der Waals surface area contributed by atoms with E-state index in [1.807, 2.05) is 24.3 Å². The number of hydrogen-bond acceptors (Lipinski definition) is 2. The number of hydrogen-bond donors (Lipinski definition) is 4. The Bertz CT molecular complexity index is 2350. The topological polar surface area (TPSA) is 106 Å².